The standard InChI is InChI=1S/C31H25ClN2O5/c32-23-11-8-21(9-12-23)22-10-15-27-25(17-22)28(33)29(39-27)30(35)34-26(31(36)37)16-19-6-13-24(14-7-19)38-18-20-4-2-1-3-5-20/h1-15,17,26H,16,18,33H2,(H,34,35)(H,36,37)/t26-/m0/s1. The Morgan fingerprint density at radius 2 is 1.59 bits per heavy atom. The lowest BCUT2D eigenvalue weighted by Crippen LogP contribution is -2.42. The van der Waals surface area contributed by atoms with Gasteiger partial charge in [-0.1, -0.05) is 72.3 Å². The van der Waals surface area contributed by atoms with Crippen LogP contribution in [-0.2, 0) is 17.8 Å². The number of nitrogen functional groups attached to an aromatic ring is 1. The summed E-state index contributed by atoms with van der Waals surface area (Å²) < 4.78 is 11.5. The summed E-state index contributed by atoms with van der Waals surface area (Å²) in [6.07, 6.45) is 0.0703. The van der Waals surface area contributed by atoms with Gasteiger partial charge in [0.2, 0.25) is 5.76 Å². The molecule has 8 heteroatoms. The van der Waals surface area contributed by atoms with Crippen molar-refractivity contribution in [1.29, 1.82) is 0 Å². The number of nitrogens with one attached hydrogen (secondary N) is 1. The number of nitrogens with two attached hydrogens (primary N) is 1. The first kappa shape index (κ1) is 25.9. The van der Waals surface area contributed by atoms with E-state index < -0.39 is 17.9 Å². The summed E-state index contributed by atoms with van der Waals surface area (Å²) in [6, 6.07) is 28.4. The summed E-state index contributed by atoms with van der Waals surface area (Å²) in [5.41, 5.74) is 10.4. The number of amides is 1. The summed E-state index contributed by atoms with van der Waals surface area (Å²) in [6.45, 7) is 0.425. The highest BCUT2D eigenvalue weighted by Gasteiger charge is 2.25. The topological polar surface area (TPSA) is 115 Å². The van der Waals surface area contributed by atoms with E-state index in [1.54, 1.807) is 42.5 Å². The fourth-order valence-corrected chi connectivity index (χ4v) is 4.36. The Bertz CT molecular complexity index is 1610. The van der Waals surface area contributed by atoms with E-state index in [0.717, 1.165) is 22.3 Å². The van der Waals surface area contributed by atoms with Crippen molar-refractivity contribution in [1.82, 2.24) is 5.32 Å². The maximum Gasteiger partial charge on any atom is 0.326 e. The van der Waals surface area contributed by atoms with Gasteiger partial charge in [-0.2, -0.15) is 0 Å². The summed E-state index contributed by atoms with van der Waals surface area (Å²) >= 11 is 5.99. The van der Waals surface area contributed by atoms with Gasteiger partial charge in [-0.25, -0.2) is 4.79 Å². The van der Waals surface area contributed by atoms with Gasteiger partial charge in [0.1, 0.15) is 24.0 Å². The number of carbonyl (C=O) groups is 2. The average molecular weight is 541 g/mol. The molecule has 0 saturated carbocycles. The number of ether oxygens (including phenoxy) is 1. The van der Waals surface area contributed by atoms with Crippen LogP contribution in [0.5, 0.6) is 5.75 Å². The predicted octanol–water partition coefficient (Wildman–Crippen LogP) is 6.34. The number of carboxylic acid groups (broad SMARTS) is 1. The lowest BCUT2D eigenvalue weighted by Gasteiger charge is -2.14. The largest absolute Gasteiger partial charge is 0.489 e. The van der Waals surface area contributed by atoms with Crippen molar-refractivity contribution in [3.8, 4) is 16.9 Å². The van der Waals surface area contributed by atoms with Crippen LogP contribution in [0.2, 0.25) is 5.02 Å². The molecule has 5 aromatic rings. The zero-order valence-electron chi connectivity index (χ0n) is 20.8. The summed E-state index contributed by atoms with van der Waals surface area (Å²) in [4.78, 5) is 25.0. The van der Waals surface area contributed by atoms with E-state index in [4.69, 9.17) is 26.5 Å². The lowest BCUT2D eigenvalue weighted by atomic mass is 10.0. The first-order valence-corrected chi connectivity index (χ1v) is 12.6. The molecule has 0 unspecified atom stereocenters. The molecule has 39 heavy (non-hydrogen) atoms. The predicted molar refractivity (Wildman–Crippen MR) is 151 cm³/mol. The fraction of sp³-hybridized carbons (Fsp3) is 0.0968. The number of carbonyl (C=O) groups excluding carboxylic acids is 1. The highest BCUT2D eigenvalue weighted by molar-refractivity contribution is 6.30. The van der Waals surface area contributed by atoms with E-state index in [1.165, 1.54) is 0 Å². The smallest absolute Gasteiger partial charge is 0.326 e. The van der Waals surface area contributed by atoms with E-state index in [1.807, 2.05) is 54.6 Å². The van der Waals surface area contributed by atoms with Gasteiger partial charge in [-0.15, -0.1) is 0 Å². The van der Waals surface area contributed by atoms with Gasteiger partial charge in [0.25, 0.3) is 5.91 Å². The van der Waals surface area contributed by atoms with Gasteiger partial charge < -0.3 is 25.3 Å². The molecule has 0 saturated heterocycles. The molecule has 5 rings (SSSR count). The number of hydrogen-bond donors (Lipinski definition) is 3. The zero-order chi connectivity index (χ0) is 27.4. The van der Waals surface area contributed by atoms with Crippen molar-refractivity contribution in [3.63, 3.8) is 0 Å². The Hall–Kier alpha value is -4.75. The second kappa shape index (κ2) is 11.3. The molecule has 1 heterocycles. The van der Waals surface area contributed by atoms with Gasteiger partial charge in [0, 0.05) is 16.8 Å². The molecule has 0 aliphatic carbocycles. The molecule has 196 valence electrons. The fourth-order valence-electron chi connectivity index (χ4n) is 4.23. The molecular weight excluding hydrogens is 516 g/mol. The first-order valence-electron chi connectivity index (χ1n) is 12.2. The minimum Gasteiger partial charge on any atom is -0.489 e. The van der Waals surface area contributed by atoms with Crippen LogP contribution < -0.4 is 15.8 Å². The van der Waals surface area contributed by atoms with E-state index in [2.05, 4.69) is 5.32 Å². The maximum absolute atomic E-state index is 13.0. The zero-order valence-corrected chi connectivity index (χ0v) is 21.5. The third-order valence-corrected chi connectivity index (χ3v) is 6.58. The molecule has 0 aliphatic heterocycles. The van der Waals surface area contributed by atoms with Crippen molar-refractivity contribution in [2.24, 2.45) is 0 Å². The lowest BCUT2D eigenvalue weighted by molar-refractivity contribution is -0.139. The number of carboxylic acids is 1. The van der Waals surface area contributed by atoms with Gasteiger partial charge in [-0.3, -0.25) is 4.79 Å². The van der Waals surface area contributed by atoms with Gasteiger partial charge in [0.05, 0.1) is 5.69 Å². The molecule has 0 spiro atoms. The van der Waals surface area contributed by atoms with Crippen LogP contribution in [0.25, 0.3) is 22.1 Å². The molecular formula is C31H25ClN2O5. The molecule has 0 bridgehead atoms. The van der Waals surface area contributed by atoms with Crippen molar-refractivity contribution < 1.29 is 23.8 Å². The number of anilines is 1. The molecule has 4 N–H and O–H groups in total. The molecule has 1 amide bonds. The van der Waals surface area contributed by atoms with E-state index in [0.29, 0.717) is 28.3 Å². The van der Waals surface area contributed by atoms with Crippen LogP contribution in [0.4, 0.5) is 5.69 Å². The second-order valence-corrected chi connectivity index (χ2v) is 9.49. The van der Waals surface area contributed by atoms with Crippen LogP contribution in [0.3, 0.4) is 0 Å². The Labute approximate surface area is 229 Å². The minimum absolute atomic E-state index is 0.0703. The molecule has 7 nitrogen and oxygen atoms in total. The number of hydrogen-bond acceptors (Lipinski definition) is 5. The normalized spacial score (nSPS) is 11.7. The summed E-state index contributed by atoms with van der Waals surface area (Å²) in [5.74, 6) is -1.35. The Morgan fingerprint density at radius 1 is 0.897 bits per heavy atom. The van der Waals surface area contributed by atoms with Crippen LogP contribution in [0.1, 0.15) is 21.7 Å². The minimum atomic E-state index is -1.19. The third kappa shape index (κ3) is 6.05. The maximum atomic E-state index is 13.0. The van der Waals surface area contributed by atoms with E-state index in [-0.39, 0.29) is 17.9 Å². The summed E-state index contributed by atoms with van der Waals surface area (Å²) in [5, 5.41) is 13.5. The first-order chi connectivity index (χ1) is 18.9. The second-order valence-electron chi connectivity index (χ2n) is 9.05. The van der Waals surface area contributed by atoms with Gasteiger partial charge >= 0.3 is 5.97 Å². The SMILES string of the molecule is Nc1c(C(=O)N[C@@H](Cc2ccc(OCc3ccccc3)cc2)C(=O)O)oc2ccc(-c3ccc(Cl)cc3)cc12. The number of benzene rings is 4. The average Bonchev–Trinajstić information content (AvgIpc) is 3.29. The van der Waals surface area contributed by atoms with Crippen LogP contribution >= 0.6 is 11.6 Å². The van der Waals surface area contributed by atoms with Gasteiger partial charge in [-0.05, 0) is 58.7 Å². The molecule has 1 aromatic heterocycles. The van der Waals surface area contributed by atoms with Gasteiger partial charge in [0.15, 0.2) is 0 Å². The quantitative estimate of drug-likeness (QED) is 0.201. The molecule has 0 fully saturated rings. The monoisotopic (exact) mass is 540 g/mol. The van der Waals surface area contributed by atoms with Crippen LogP contribution in [0, 0.1) is 0 Å². The highest BCUT2D eigenvalue weighted by Crippen LogP contribution is 2.33. The number of furan rings is 1. The summed E-state index contributed by atoms with van der Waals surface area (Å²) in [7, 11) is 0. The van der Waals surface area contributed by atoms with Crippen LogP contribution in [0.15, 0.2) is 101 Å². The number of halogens is 1. The van der Waals surface area contributed by atoms with Crippen LogP contribution in [-0.4, -0.2) is 23.0 Å². The van der Waals surface area contributed by atoms with Crippen molar-refractivity contribution in [2.45, 2.75) is 19.1 Å². The third-order valence-electron chi connectivity index (χ3n) is 6.33. The highest BCUT2D eigenvalue weighted by atomic mass is 35.5. The molecule has 1 atom stereocenters. The van der Waals surface area contributed by atoms with E-state index >= 15 is 0 Å². The van der Waals surface area contributed by atoms with E-state index in [9.17, 15) is 14.7 Å². The molecule has 0 radical (unpaired) electrons. The van der Waals surface area contributed by atoms with Crippen molar-refractivity contribution >= 4 is 40.1 Å². The number of fused-ring (bicyclic) bond motifs is 1. The Morgan fingerprint density at radius 3 is 2.28 bits per heavy atom. The van der Waals surface area contributed by atoms with Crippen molar-refractivity contribution in [3.05, 3.63) is 119 Å². The Balaban J connectivity index is 1.27. The molecule has 4 aromatic carbocycles. The number of aliphatic carboxylic acids is 1. The number of rotatable bonds is 9. The Kier molecular flexibility index (Phi) is 7.52. The molecule has 0 aliphatic rings. The van der Waals surface area contributed by atoms with Crippen molar-refractivity contribution in [2.75, 3.05) is 5.73 Å².